The highest BCUT2D eigenvalue weighted by Crippen LogP contribution is 2.24. The molecule has 3 aromatic heterocycles. The molecule has 0 amide bonds. The van der Waals surface area contributed by atoms with Crippen molar-refractivity contribution in [1.29, 1.82) is 0 Å². The summed E-state index contributed by atoms with van der Waals surface area (Å²) in [6.45, 7) is 1.91. The smallest absolute Gasteiger partial charge is 0.245 e. The van der Waals surface area contributed by atoms with Gasteiger partial charge >= 0.3 is 0 Å². The van der Waals surface area contributed by atoms with Gasteiger partial charge in [0.25, 0.3) is 0 Å². The molecule has 0 spiro atoms. The molecule has 0 bridgehead atoms. The Kier molecular flexibility index (Phi) is 3.04. The monoisotopic (exact) mass is 306 g/mol. The van der Waals surface area contributed by atoms with Crippen LogP contribution in [0.15, 0.2) is 47.2 Å². The molecule has 0 saturated carbocycles. The summed E-state index contributed by atoms with van der Waals surface area (Å²) in [5.41, 5.74) is 9.23. The predicted molar refractivity (Wildman–Crippen MR) is 84.7 cm³/mol. The van der Waals surface area contributed by atoms with Crippen molar-refractivity contribution in [2.75, 3.05) is 5.73 Å². The molecule has 7 nitrogen and oxygen atoms in total. The lowest BCUT2D eigenvalue weighted by atomic mass is 10.1. The summed E-state index contributed by atoms with van der Waals surface area (Å²) >= 11 is 0. The Balaban J connectivity index is 1.82. The summed E-state index contributed by atoms with van der Waals surface area (Å²) < 4.78 is 6.88. The number of nitrogen functional groups attached to an aromatic ring is 1. The molecule has 0 aliphatic carbocycles. The number of rotatable bonds is 3. The Morgan fingerprint density at radius 2 is 2.00 bits per heavy atom. The molecule has 7 heteroatoms. The van der Waals surface area contributed by atoms with Crippen molar-refractivity contribution in [2.45, 2.75) is 13.3 Å². The number of oxazole rings is 1. The standard InChI is InChI=1S/C16H14N6O/c1-10-13(15-18-7-8-23-15)20-16(17)22-14(10)19-12(21-22)9-11-5-3-2-4-6-11/h2-8H,9H2,1H3,(H2,17,20). The average molecular weight is 306 g/mol. The van der Waals surface area contributed by atoms with E-state index in [0.29, 0.717) is 29.5 Å². The lowest BCUT2D eigenvalue weighted by molar-refractivity contribution is 0.571. The maximum atomic E-state index is 6.02. The number of anilines is 1. The van der Waals surface area contributed by atoms with Crippen molar-refractivity contribution in [1.82, 2.24) is 24.6 Å². The Hall–Kier alpha value is -3.22. The second kappa shape index (κ2) is 5.20. The highest BCUT2D eigenvalue weighted by atomic mass is 16.3. The predicted octanol–water partition coefficient (Wildman–Crippen LogP) is 2.26. The van der Waals surface area contributed by atoms with E-state index >= 15 is 0 Å². The van der Waals surface area contributed by atoms with E-state index in [2.05, 4.69) is 20.1 Å². The summed E-state index contributed by atoms with van der Waals surface area (Å²) in [7, 11) is 0. The van der Waals surface area contributed by atoms with Crippen LogP contribution in [0.5, 0.6) is 0 Å². The lowest BCUT2D eigenvalue weighted by Crippen LogP contribution is -2.05. The van der Waals surface area contributed by atoms with E-state index in [4.69, 9.17) is 10.2 Å². The molecule has 0 atom stereocenters. The first-order chi connectivity index (χ1) is 11.2. The molecule has 0 aliphatic rings. The Bertz CT molecular complexity index is 959. The van der Waals surface area contributed by atoms with E-state index in [0.717, 1.165) is 11.1 Å². The van der Waals surface area contributed by atoms with Crippen LogP contribution in [0.2, 0.25) is 0 Å². The van der Waals surface area contributed by atoms with Gasteiger partial charge in [0.05, 0.1) is 6.20 Å². The van der Waals surface area contributed by atoms with Gasteiger partial charge in [-0.1, -0.05) is 30.3 Å². The van der Waals surface area contributed by atoms with Gasteiger partial charge in [-0.25, -0.2) is 15.0 Å². The average Bonchev–Trinajstić information content (AvgIpc) is 3.21. The third kappa shape index (κ3) is 2.32. The molecular formula is C16H14N6O. The molecule has 0 radical (unpaired) electrons. The van der Waals surface area contributed by atoms with E-state index < -0.39 is 0 Å². The summed E-state index contributed by atoms with van der Waals surface area (Å²) in [4.78, 5) is 13.1. The molecule has 4 aromatic rings. The lowest BCUT2D eigenvalue weighted by Gasteiger charge is -2.04. The summed E-state index contributed by atoms with van der Waals surface area (Å²) in [6.07, 6.45) is 3.71. The molecule has 0 unspecified atom stereocenters. The van der Waals surface area contributed by atoms with Gasteiger partial charge in [0.1, 0.15) is 12.0 Å². The minimum Gasteiger partial charge on any atom is -0.443 e. The molecule has 0 aliphatic heterocycles. The Labute approximate surface area is 131 Å². The summed E-state index contributed by atoms with van der Waals surface area (Å²) in [5, 5.41) is 4.46. The number of nitrogens with zero attached hydrogens (tertiary/aromatic N) is 5. The van der Waals surface area contributed by atoms with Gasteiger partial charge in [0, 0.05) is 12.0 Å². The first-order valence-electron chi connectivity index (χ1n) is 7.18. The highest BCUT2D eigenvalue weighted by molar-refractivity contribution is 5.65. The maximum Gasteiger partial charge on any atom is 0.245 e. The van der Waals surface area contributed by atoms with Crippen molar-refractivity contribution in [2.24, 2.45) is 0 Å². The van der Waals surface area contributed by atoms with E-state index in [1.807, 2.05) is 37.3 Å². The van der Waals surface area contributed by atoms with Crippen molar-refractivity contribution in [3.8, 4) is 11.6 Å². The van der Waals surface area contributed by atoms with Crippen LogP contribution in [0.4, 0.5) is 5.95 Å². The number of benzene rings is 1. The topological polar surface area (TPSA) is 95.1 Å². The maximum absolute atomic E-state index is 6.02. The largest absolute Gasteiger partial charge is 0.443 e. The zero-order chi connectivity index (χ0) is 15.8. The number of hydrogen-bond acceptors (Lipinski definition) is 6. The Morgan fingerprint density at radius 3 is 2.74 bits per heavy atom. The molecule has 3 heterocycles. The van der Waals surface area contributed by atoms with Gasteiger partial charge in [0.2, 0.25) is 11.8 Å². The van der Waals surface area contributed by atoms with Crippen LogP contribution in [-0.4, -0.2) is 24.6 Å². The fourth-order valence-corrected chi connectivity index (χ4v) is 2.51. The van der Waals surface area contributed by atoms with Crippen LogP contribution in [0.1, 0.15) is 17.0 Å². The zero-order valence-corrected chi connectivity index (χ0v) is 12.5. The van der Waals surface area contributed by atoms with E-state index in [9.17, 15) is 0 Å². The second-order valence-corrected chi connectivity index (χ2v) is 5.21. The highest BCUT2D eigenvalue weighted by Gasteiger charge is 2.17. The summed E-state index contributed by atoms with van der Waals surface area (Å²) in [5.74, 6) is 1.37. The van der Waals surface area contributed by atoms with Crippen molar-refractivity contribution in [3.63, 3.8) is 0 Å². The molecular weight excluding hydrogens is 292 g/mol. The van der Waals surface area contributed by atoms with Crippen molar-refractivity contribution in [3.05, 3.63) is 59.7 Å². The van der Waals surface area contributed by atoms with Crippen molar-refractivity contribution >= 4 is 11.6 Å². The van der Waals surface area contributed by atoms with Crippen LogP contribution in [0.25, 0.3) is 17.2 Å². The van der Waals surface area contributed by atoms with Gasteiger partial charge in [-0.3, -0.25) is 0 Å². The number of aryl methyl sites for hydroxylation is 1. The number of nitrogens with two attached hydrogens (primary N) is 1. The van der Waals surface area contributed by atoms with Crippen LogP contribution < -0.4 is 5.73 Å². The third-order valence-corrected chi connectivity index (χ3v) is 3.62. The quantitative estimate of drug-likeness (QED) is 0.624. The first kappa shape index (κ1) is 13.4. The van der Waals surface area contributed by atoms with Crippen LogP contribution in [0, 0.1) is 6.92 Å². The first-order valence-corrected chi connectivity index (χ1v) is 7.18. The summed E-state index contributed by atoms with van der Waals surface area (Å²) in [6, 6.07) is 10.0. The molecule has 23 heavy (non-hydrogen) atoms. The van der Waals surface area contributed by atoms with E-state index in [1.165, 1.54) is 6.26 Å². The van der Waals surface area contributed by atoms with Gasteiger partial charge < -0.3 is 10.2 Å². The minimum atomic E-state index is 0.255. The number of fused-ring (bicyclic) bond motifs is 1. The fourth-order valence-electron chi connectivity index (χ4n) is 2.51. The van der Waals surface area contributed by atoms with Crippen molar-refractivity contribution < 1.29 is 4.42 Å². The van der Waals surface area contributed by atoms with Crippen LogP contribution in [0.3, 0.4) is 0 Å². The normalized spacial score (nSPS) is 11.2. The fraction of sp³-hybridized carbons (Fsp3) is 0.125. The van der Waals surface area contributed by atoms with Gasteiger partial charge in [-0.05, 0) is 12.5 Å². The third-order valence-electron chi connectivity index (χ3n) is 3.62. The second-order valence-electron chi connectivity index (χ2n) is 5.21. The number of hydrogen-bond donors (Lipinski definition) is 1. The van der Waals surface area contributed by atoms with Crippen LogP contribution >= 0.6 is 0 Å². The minimum absolute atomic E-state index is 0.255. The Morgan fingerprint density at radius 1 is 1.17 bits per heavy atom. The van der Waals surface area contributed by atoms with Gasteiger partial charge in [-0.15, -0.1) is 5.10 Å². The number of aromatic nitrogens is 5. The molecule has 2 N–H and O–H groups in total. The van der Waals surface area contributed by atoms with E-state index in [-0.39, 0.29) is 5.95 Å². The molecule has 1 aromatic carbocycles. The van der Waals surface area contributed by atoms with Gasteiger partial charge in [-0.2, -0.15) is 4.52 Å². The molecule has 0 saturated heterocycles. The van der Waals surface area contributed by atoms with Gasteiger partial charge in [0.15, 0.2) is 11.5 Å². The van der Waals surface area contributed by atoms with E-state index in [1.54, 1.807) is 10.7 Å². The molecule has 114 valence electrons. The van der Waals surface area contributed by atoms with Crippen LogP contribution in [-0.2, 0) is 6.42 Å². The molecule has 4 rings (SSSR count). The molecule has 0 fully saturated rings. The zero-order valence-electron chi connectivity index (χ0n) is 12.5. The SMILES string of the molecule is Cc1c(-c2ncco2)nc(N)n2nc(Cc3ccccc3)nc12.